The summed E-state index contributed by atoms with van der Waals surface area (Å²) in [6.07, 6.45) is 2.02. The van der Waals surface area contributed by atoms with E-state index in [-0.39, 0.29) is 5.60 Å². The Hall–Kier alpha value is -0.0800. The lowest BCUT2D eigenvalue weighted by Gasteiger charge is -2.26. The minimum atomic E-state index is -0.588. The van der Waals surface area contributed by atoms with Gasteiger partial charge in [0.25, 0.3) is 0 Å². The average molecular weight is 160 g/mol. The van der Waals surface area contributed by atoms with Gasteiger partial charge in [-0.05, 0) is 26.7 Å². The molecule has 1 N–H and O–H groups in total. The third-order valence-corrected chi connectivity index (χ3v) is 1.84. The van der Waals surface area contributed by atoms with Crippen molar-refractivity contribution in [2.45, 2.75) is 58.8 Å². The van der Waals surface area contributed by atoms with Crippen LogP contribution < -0.4 is 0 Å². The van der Waals surface area contributed by atoms with E-state index >= 15 is 0 Å². The molecule has 0 aliphatic rings. The molecule has 0 amide bonds. The van der Waals surface area contributed by atoms with E-state index in [4.69, 9.17) is 4.74 Å². The van der Waals surface area contributed by atoms with Crippen molar-refractivity contribution in [1.29, 1.82) is 0 Å². The Labute approximate surface area is 69.6 Å². The maximum atomic E-state index is 9.29. The second-order valence-electron chi connectivity index (χ2n) is 3.47. The monoisotopic (exact) mass is 160 g/mol. The van der Waals surface area contributed by atoms with Gasteiger partial charge in [0.1, 0.15) is 0 Å². The first-order chi connectivity index (χ1) is 5.02. The van der Waals surface area contributed by atoms with Gasteiger partial charge in [-0.15, -0.1) is 0 Å². The number of hydrogen-bond acceptors (Lipinski definition) is 2. The molecule has 0 saturated heterocycles. The quantitative estimate of drug-likeness (QED) is 0.625. The van der Waals surface area contributed by atoms with E-state index in [0.29, 0.717) is 0 Å². The van der Waals surface area contributed by atoms with Crippen LogP contribution in [-0.4, -0.2) is 17.0 Å². The van der Waals surface area contributed by atoms with Crippen molar-refractivity contribution in [3.05, 3.63) is 0 Å². The summed E-state index contributed by atoms with van der Waals surface area (Å²) in [5.74, 6) is 0. The third-order valence-electron chi connectivity index (χ3n) is 1.84. The largest absolute Gasteiger partial charge is 0.368 e. The molecule has 0 aliphatic carbocycles. The van der Waals surface area contributed by atoms with E-state index in [1.807, 2.05) is 20.8 Å². The summed E-state index contributed by atoms with van der Waals surface area (Å²) in [7, 11) is 0. The smallest absolute Gasteiger partial charge is 0.155 e. The first-order valence-corrected chi connectivity index (χ1v) is 4.37. The van der Waals surface area contributed by atoms with Gasteiger partial charge in [-0.2, -0.15) is 0 Å². The van der Waals surface area contributed by atoms with Crippen LogP contribution in [0.4, 0.5) is 0 Å². The van der Waals surface area contributed by atoms with Crippen LogP contribution in [0.15, 0.2) is 0 Å². The zero-order chi connectivity index (χ0) is 8.91. The Kier molecular flexibility index (Phi) is 4.69. The standard InChI is InChI=1S/C9H20O2/c1-5-7-8(10)11-9(3,4)6-2/h8,10H,5-7H2,1-4H3. The van der Waals surface area contributed by atoms with Crippen molar-refractivity contribution in [2.24, 2.45) is 0 Å². The molecule has 0 aromatic rings. The molecule has 0 radical (unpaired) electrons. The van der Waals surface area contributed by atoms with Crippen LogP contribution >= 0.6 is 0 Å². The minimum Gasteiger partial charge on any atom is -0.368 e. The number of ether oxygens (including phenoxy) is 1. The van der Waals surface area contributed by atoms with Crippen molar-refractivity contribution in [2.75, 3.05) is 0 Å². The topological polar surface area (TPSA) is 29.5 Å². The summed E-state index contributed by atoms with van der Waals surface area (Å²) in [5.41, 5.74) is -0.186. The fourth-order valence-electron chi connectivity index (χ4n) is 0.757. The van der Waals surface area contributed by atoms with Gasteiger partial charge in [-0.25, -0.2) is 0 Å². The van der Waals surface area contributed by atoms with Crippen molar-refractivity contribution in [3.8, 4) is 0 Å². The molecule has 0 aliphatic heterocycles. The predicted octanol–water partition coefficient (Wildman–Crippen LogP) is 2.31. The van der Waals surface area contributed by atoms with Crippen molar-refractivity contribution < 1.29 is 9.84 Å². The van der Waals surface area contributed by atoms with Crippen LogP contribution in [0.1, 0.15) is 47.0 Å². The predicted molar refractivity (Wildman–Crippen MR) is 46.4 cm³/mol. The summed E-state index contributed by atoms with van der Waals surface area (Å²) < 4.78 is 5.38. The zero-order valence-electron chi connectivity index (χ0n) is 8.05. The Morgan fingerprint density at radius 3 is 2.27 bits per heavy atom. The van der Waals surface area contributed by atoms with E-state index in [0.717, 1.165) is 19.3 Å². The molecule has 0 spiro atoms. The molecule has 0 heterocycles. The number of aliphatic hydroxyl groups is 1. The van der Waals surface area contributed by atoms with Crippen LogP contribution in [-0.2, 0) is 4.74 Å². The second-order valence-corrected chi connectivity index (χ2v) is 3.47. The van der Waals surface area contributed by atoms with Crippen LogP contribution in [0.5, 0.6) is 0 Å². The highest BCUT2D eigenvalue weighted by molar-refractivity contribution is 4.65. The first-order valence-electron chi connectivity index (χ1n) is 4.37. The van der Waals surface area contributed by atoms with E-state index < -0.39 is 6.29 Å². The lowest BCUT2D eigenvalue weighted by Crippen LogP contribution is -2.29. The third kappa shape index (κ3) is 5.22. The summed E-state index contributed by atoms with van der Waals surface area (Å²) in [4.78, 5) is 0. The van der Waals surface area contributed by atoms with Gasteiger partial charge in [-0.3, -0.25) is 0 Å². The van der Waals surface area contributed by atoms with E-state index in [2.05, 4.69) is 6.92 Å². The van der Waals surface area contributed by atoms with E-state index in [1.165, 1.54) is 0 Å². The maximum absolute atomic E-state index is 9.29. The van der Waals surface area contributed by atoms with Crippen LogP contribution in [0.3, 0.4) is 0 Å². The normalized spacial score (nSPS) is 15.0. The van der Waals surface area contributed by atoms with Gasteiger partial charge in [0, 0.05) is 0 Å². The zero-order valence-corrected chi connectivity index (χ0v) is 8.05. The number of aliphatic hydroxyl groups excluding tert-OH is 1. The van der Waals surface area contributed by atoms with E-state index in [1.54, 1.807) is 0 Å². The molecule has 0 bridgehead atoms. The highest BCUT2D eigenvalue weighted by Gasteiger charge is 2.19. The summed E-state index contributed by atoms with van der Waals surface area (Å²) in [6.45, 7) is 8.07. The molecule has 0 fully saturated rings. The van der Waals surface area contributed by atoms with Gasteiger partial charge in [-0.1, -0.05) is 20.3 Å². The molecule has 68 valence electrons. The number of rotatable bonds is 5. The molecule has 0 rings (SSSR count). The van der Waals surface area contributed by atoms with Gasteiger partial charge in [0.2, 0.25) is 0 Å². The number of hydrogen-bond donors (Lipinski definition) is 1. The Balaban J connectivity index is 3.64. The fourth-order valence-corrected chi connectivity index (χ4v) is 0.757. The van der Waals surface area contributed by atoms with Crippen molar-refractivity contribution >= 4 is 0 Å². The van der Waals surface area contributed by atoms with Gasteiger partial charge in [0.05, 0.1) is 5.60 Å². The molecule has 1 unspecified atom stereocenters. The summed E-state index contributed by atoms with van der Waals surface area (Å²) in [6, 6.07) is 0. The molecule has 0 aromatic carbocycles. The van der Waals surface area contributed by atoms with Crippen molar-refractivity contribution in [3.63, 3.8) is 0 Å². The first kappa shape index (κ1) is 10.9. The Bertz CT molecular complexity index is 99.7. The summed E-state index contributed by atoms with van der Waals surface area (Å²) >= 11 is 0. The molecule has 0 saturated carbocycles. The molecular weight excluding hydrogens is 140 g/mol. The average Bonchev–Trinajstić information content (AvgIpc) is 1.87. The second kappa shape index (κ2) is 4.73. The molecule has 2 nitrogen and oxygen atoms in total. The fraction of sp³-hybridized carbons (Fsp3) is 1.00. The maximum Gasteiger partial charge on any atom is 0.155 e. The molecule has 2 heteroatoms. The lowest BCUT2D eigenvalue weighted by molar-refractivity contribution is -0.175. The van der Waals surface area contributed by atoms with E-state index in [9.17, 15) is 5.11 Å². The van der Waals surface area contributed by atoms with Gasteiger partial charge < -0.3 is 9.84 Å². The Morgan fingerprint density at radius 1 is 1.36 bits per heavy atom. The minimum absolute atomic E-state index is 0.186. The highest BCUT2D eigenvalue weighted by atomic mass is 16.6. The SMILES string of the molecule is CCCC(O)OC(C)(C)CC. The van der Waals surface area contributed by atoms with Gasteiger partial charge in [0.15, 0.2) is 6.29 Å². The molecule has 11 heavy (non-hydrogen) atoms. The highest BCUT2D eigenvalue weighted by Crippen LogP contribution is 2.16. The van der Waals surface area contributed by atoms with Crippen molar-refractivity contribution in [1.82, 2.24) is 0 Å². The molecular formula is C9H20O2. The van der Waals surface area contributed by atoms with Gasteiger partial charge >= 0.3 is 0 Å². The van der Waals surface area contributed by atoms with Crippen LogP contribution in [0.2, 0.25) is 0 Å². The lowest BCUT2D eigenvalue weighted by atomic mass is 10.1. The van der Waals surface area contributed by atoms with Crippen LogP contribution in [0, 0.1) is 0 Å². The van der Waals surface area contributed by atoms with Crippen LogP contribution in [0.25, 0.3) is 0 Å². The summed E-state index contributed by atoms with van der Waals surface area (Å²) in [5, 5.41) is 9.29. The molecule has 1 atom stereocenters. The Morgan fingerprint density at radius 2 is 1.91 bits per heavy atom. The molecule has 0 aromatic heterocycles.